The highest BCUT2D eigenvalue weighted by Crippen LogP contribution is 2.40. The van der Waals surface area contributed by atoms with E-state index in [4.69, 9.17) is 14.4 Å². The highest BCUT2D eigenvalue weighted by molar-refractivity contribution is 6.11. The second-order valence-electron chi connectivity index (χ2n) is 18.6. The zero-order valence-electron chi connectivity index (χ0n) is 38.2. The van der Waals surface area contributed by atoms with Crippen LogP contribution >= 0.6 is 0 Å². The van der Waals surface area contributed by atoms with Crippen LogP contribution in [0.2, 0.25) is 0 Å². The maximum absolute atomic E-state index is 6.43. The van der Waals surface area contributed by atoms with Crippen LogP contribution in [0.15, 0.2) is 205 Å². The first-order valence-corrected chi connectivity index (χ1v) is 23.8. The highest BCUT2D eigenvalue weighted by atomic mass is 16.3. The van der Waals surface area contributed by atoms with Gasteiger partial charge in [0.25, 0.3) is 0 Å². The molecule has 0 bridgehead atoms. The fourth-order valence-electron chi connectivity index (χ4n) is 11.2. The topological polar surface area (TPSA) is 48.8 Å². The van der Waals surface area contributed by atoms with Crippen molar-refractivity contribution in [3.63, 3.8) is 0 Å². The Kier molecular flexibility index (Phi) is 8.77. The summed E-state index contributed by atoms with van der Waals surface area (Å²) < 4.78 is 11.2. The van der Waals surface area contributed by atoms with Gasteiger partial charge in [-0.3, -0.25) is 0 Å². The minimum Gasteiger partial charge on any atom is -0.455 e. The molecule has 0 saturated carbocycles. The quantitative estimate of drug-likeness (QED) is 0.167. The lowest BCUT2D eigenvalue weighted by molar-refractivity contribution is 0.670. The first-order chi connectivity index (χ1) is 34.0. The summed E-state index contributed by atoms with van der Waals surface area (Å²) in [4.78, 5) is 10.8. The van der Waals surface area contributed by atoms with Crippen molar-refractivity contribution in [2.45, 2.75) is 26.2 Å². The smallest absolute Gasteiger partial charge is 0.160 e. The Morgan fingerprint density at radius 2 is 1.10 bits per heavy atom. The Balaban J connectivity index is 0.923. The molecule has 1 atom stereocenters. The van der Waals surface area contributed by atoms with Crippen LogP contribution in [0.4, 0.5) is 0 Å². The molecule has 13 aromatic rings. The number of fused-ring (bicyclic) bond motifs is 10. The summed E-state index contributed by atoms with van der Waals surface area (Å²) in [6.07, 6.45) is 5.59. The molecule has 1 aliphatic rings. The van der Waals surface area contributed by atoms with Crippen molar-refractivity contribution < 1.29 is 4.42 Å². The molecule has 5 nitrogen and oxygen atoms in total. The summed E-state index contributed by atoms with van der Waals surface area (Å²) in [5.41, 5.74) is 17.8. The molecule has 1 aliphatic carbocycles. The molecule has 9 aromatic carbocycles. The van der Waals surface area contributed by atoms with Gasteiger partial charge in [-0.25, -0.2) is 9.97 Å². The number of furan rings is 1. The number of hydrogen-bond donors (Lipinski definition) is 0. The first kappa shape index (κ1) is 39.4. The van der Waals surface area contributed by atoms with E-state index in [-0.39, 0.29) is 5.92 Å². The van der Waals surface area contributed by atoms with Gasteiger partial charge < -0.3 is 13.6 Å². The molecule has 326 valence electrons. The van der Waals surface area contributed by atoms with Gasteiger partial charge in [-0.2, -0.15) is 0 Å². The Hall–Kier alpha value is -8.80. The number of benzene rings is 9. The van der Waals surface area contributed by atoms with Gasteiger partial charge in [0, 0.05) is 71.5 Å². The molecule has 69 heavy (non-hydrogen) atoms. The maximum atomic E-state index is 6.43. The normalized spacial score (nSPS) is 13.7. The third-order valence-electron chi connectivity index (χ3n) is 14.5. The Bertz CT molecular complexity index is 4290. The average molecular weight is 885 g/mol. The van der Waals surface area contributed by atoms with Crippen LogP contribution in [0.1, 0.15) is 29.0 Å². The average Bonchev–Trinajstić information content (AvgIpc) is 4.06. The summed E-state index contributed by atoms with van der Waals surface area (Å²) >= 11 is 0. The number of rotatable bonds is 6. The van der Waals surface area contributed by atoms with Gasteiger partial charge in [0.15, 0.2) is 5.82 Å². The van der Waals surface area contributed by atoms with Gasteiger partial charge in [0.1, 0.15) is 11.2 Å². The lowest BCUT2D eigenvalue weighted by atomic mass is 9.87. The van der Waals surface area contributed by atoms with Crippen molar-refractivity contribution in [3.05, 3.63) is 227 Å². The van der Waals surface area contributed by atoms with Crippen LogP contribution < -0.4 is 10.6 Å². The van der Waals surface area contributed by atoms with E-state index < -0.39 is 0 Å². The number of nitrogens with zero attached hydrogens (tertiary/aromatic N) is 4. The third kappa shape index (κ3) is 6.24. The SMILES string of the molecule is Cc1ccc2c(c1)c1cc(C)c(C3C=c4c(-c5ccc(-n6c7ccccc7c7ccccc76)cc5)nc(-c5ccc(-c6cccc7c6oc6ccccc67)cc5)nc4=CC3)cc1n2-c1ccccc1. The largest absolute Gasteiger partial charge is 0.455 e. The van der Waals surface area contributed by atoms with Crippen molar-refractivity contribution in [2.75, 3.05) is 0 Å². The van der Waals surface area contributed by atoms with Gasteiger partial charge in [0.2, 0.25) is 0 Å². The zero-order chi connectivity index (χ0) is 45.7. The summed E-state index contributed by atoms with van der Waals surface area (Å²) in [6.45, 7) is 4.45. The molecule has 0 fully saturated rings. The summed E-state index contributed by atoms with van der Waals surface area (Å²) in [5.74, 6) is 0.822. The number of aromatic nitrogens is 4. The van der Waals surface area contributed by atoms with Crippen LogP contribution in [0.3, 0.4) is 0 Å². The molecule has 0 N–H and O–H groups in total. The molecular formula is C64H44N4O. The summed E-state index contributed by atoms with van der Waals surface area (Å²) in [5, 5.41) is 9.31. The van der Waals surface area contributed by atoms with Crippen LogP contribution in [0.25, 0.3) is 123 Å². The molecule has 0 amide bonds. The van der Waals surface area contributed by atoms with Crippen molar-refractivity contribution in [1.29, 1.82) is 0 Å². The third-order valence-corrected chi connectivity index (χ3v) is 14.5. The van der Waals surface area contributed by atoms with Crippen LogP contribution in [0.5, 0.6) is 0 Å². The zero-order valence-corrected chi connectivity index (χ0v) is 38.2. The van der Waals surface area contributed by atoms with Gasteiger partial charge in [-0.1, -0.05) is 151 Å². The Labute approximate surface area is 398 Å². The monoisotopic (exact) mass is 884 g/mol. The second kappa shape index (κ2) is 15.4. The summed E-state index contributed by atoms with van der Waals surface area (Å²) in [7, 11) is 0. The number of para-hydroxylation sites is 5. The Morgan fingerprint density at radius 3 is 1.88 bits per heavy atom. The molecule has 4 aromatic heterocycles. The van der Waals surface area contributed by atoms with Crippen LogP contribution in [-0.2, 0) is 0 Å². The van der Waals surface area contributed by atoms with E-state index in [1.165, 1.54) is 60.3 Å². The number of hydrogen-bond acceptors (Lipinski definition) is 3. The van der Waals surface area contributed by atoms with Crippen molar-refractivity contribution >= 4 is 77.7 Å². The lowest BCUT2D eigenvalue weighted by Gasteiger charge is -2.19. The van der Waals surface area contributed by atoms with E-state index in [9.17, 15) is 0 Å². The standard InChI is InChI=1S/C64H44N4O/c1-39-23-34-59-53(35-39)54-36-40(2)52(38-60(54)68(59)45-13-4-3-5-14-45)44-30-33-56-55(37-44)62(42-28-31-46(32-29-42)67-57-20-9-6-15-48(57)49-16-7-10-21-58(49)67)66-64(65-56)43-26-24-41(25-27-43)47-18-12-19-51-50-17-8-11-22-61(50)69-63(47)51/h3-29,31-38,44H,30H2,1-2H3. The van der Waals surface area contributed by atoms with Gasteiger partial charge in [-0.05, 0) is 104 Å². The van der Waals surface area contributed by atoms with E-state index in [0.717, 1.165) is 78.2 Å². The first-order valence-electron chi connectivity index (χ1n) is 23.8. The molecule has 5 heteroatoms. The fraction of sp³-hybridized carbons (Fsp3) is 0.0625. The van der Waals surface area contributed by atoms with Crippen molar-refractivity contribution in [2.24, 2.45) is 0 Å². The number of aryl methyl sites for hydroxylation is 2. The lowest BCUT2D eigenvalue weighted by Crippen LogP contribution is -2.35. The minimum atomic E-state index is 0.121. The Morgan fingerprint density at radius 1 is 0.478 bits per heavy atom. The van der Waals surface area contributed by atoms with Gasteiger partial charge in [0.05, 0.1) is 33.1 Å². The van der Waals surface area contributed by atoms with Gasteiger partial charge in [-0.15, -0.1) is 0 Å². The van der Waals surface area contributed by atoms with E-state index in [2.05, 4.69) is 223 Å². The maximum Gasteiger partial charge on any atom is 0.160 e. The van der Waals surface area contributed by atoms with E-state index >= 15 is 0 Å². The van der Waals surface area contributed by atoms with E-state index in [1.807, 2.05) is 12.1 Å². The van der Waals surface area contributed by atoms with Crippen molar-refractivity contribution in [3.8, 4) is 45.1 Å². The molecule has 1 unspecified atom stereocenters. The van der Waals surface area contributed by atoms with E-state index in [0.29, 0.717) is 5.82 Å². The molecular weight excluding hydrogens is 841 g/mol. The molecule has 4 heterocycles. The molecule has 14 rings (SSSR count). The summed E-state index contributed by atoms with van der Waals surface area (Å²) in [6, 6.07) is 72.0. The molecule has 0 saturated heterocycles. The predicted molar refractivity (Wildman–Crippen MR) is 286 cm³/mol. The second-order valence-corrected chi connectivity index (χ2v) is 18.6. The molecule has 0 aliphatic heterocycles. The van der Waals surface area contributed by atoms with Crippen molar-refractivity contribution in [1.82, 2.24) is 19.1 Å². The highest BCUT2D eigenvalue weighted by Gasteiger charge is 2.22. The minimum absolute atomic E-state index is 0.121. The molecule has 0 spiro atoms. The van der Waals surface area contributed by atoms with Crippen LogP contribution in [0, 0.1) is 13.8 Å². The van der Waals surface area contributed by atoms with E-state index in [1.54, 1.807) is 0 Å². The van der Waals surface area contributed by atoms with Gasteiger partial charge >= 0.3 is 0 Å². The van der Waals surface area contributed by atoms with Crippen LogP contribution in [-0.4, -0.2) is 19.1 Å². The molecule has 0 radical (unpaired) electrons. The fourth-order valence-corrected chi connectivity index (χ4v) is 11.2. The predicted octanol–water partition coefficient (Wildman–Crippen LogP) is 14.9.